The molecule has 0 saturated carbocycles. The van der Waals surface area contributed by atoms with E-state index in [1.54, 1.807) is 6.20 Å². The van der Waals surface area contributed by atoms with Gasteiger partial charge in [-0.2, -0.15) is 0 Å². The van der Waals surface area contributed by atoms with Crippen LogP contribution in [0.2, 0.25) is 0 Å². The predicted molar refractivity (Wildman–Crippen MR) is 62.4 cm³/mol. The van der Waals surface area contributed by atoms with Crippen LogP contribution in [0.15, 0.2) is 30.6 Å². The van der Waals surface area contributed by atoms with E-state index in [9.17, 15) is 0 Å². The number of benzene rings is 1. The van der Waals surface area contributed by atoms with Crippen LogP contribution >= 0.6 is 0 Å². The fraction of sp³-hybridized carbons (Fsp3) is 0.250. The molecule has 0 aliphatic carbocycles. The molecule has 0 amide bonds. The van der Waals surface area contributed by atoms with Crippen LogP contribution in [0.1, 0.15) is 11.1 Å². The van der Waals surface area contributed by atoms with Gasteiger partial charge in [0.25, 0.3) is 0 Å². The highest BCUT2D eigenvalue weighted by Crippen LogP contribution is 2.19. The van der Waals surface area contributed by atoms with Crippen LogP contribution in [0.5, 0.6) is 0 Å². The second-order valence-corrected chi connectivity index (χ2v) is 3.81. The Morgan fingerprint density at radius 3 is 2.67 bits per heavy atom. The Morgan fingerprint density at radius 1 is 1.27 bits per heavy atom. The van der Waals surface area contributed by atoms with Gasteiger partial charge in [-0.15, -0.1) is 0 Å². The van der Waals surface area contributed by atoms with E-state index >= 15 is 0 Å². The van der Waals surface area contributed by atoms with E-state index in [2.05, 4.69) is 42.3 Å². The van der Waals surface area contributed by atoms with E-state index in [-0.39, 0.29) is 0 Å². The molecule has 3 nitrogen and oxygen atoms in total. The van der Waals surface area contributed by atoms with Crippen molar-refractivity contribution in [3.63, 3.8) is 0 Å². The van der Waals surface area contributed by atoms with Gasteiger partial charge >= 0.3 is 0 Å². The molecular formula is C12H15N3. The Morgan fingerprint density at radius 2 is 2.07 bits per heavy atom. The molecule has 1 N–H and O–H groups in total. The quantitative estimate of drug-likeness (QED) is 0.809. The number of nitrogens with zero attached hydrogens (tertiary/aromatic N) is 2. The summed E-state index contributed by atoms with van der Waals surface area (Å²) < 4.78 is 1.96. The summed E-state index contributed by atoms with van der Waals surface area (Å²) in [7, 11) is 1.97. The normalized spacial score (nSPS) is 10.3. The van der Waals surface area contributed by atoms with Crippen LogP contribution in [0.4, 0.5) is 11.6 Å². The molecule has 0 atom stereocenters. The maximum atomic E-state index is 4.23. The third kappa shape index (κ3) is 2.01. The second kappa shape index (κ2) is 3.77. The van der Waals surface area contributed by atoms with Gasteiger partial charge in [0.15, 0.2) is 0 Å². The summed E-state index contributed by atoms with van der Waals surface area (Å²) in [5, 5.41) is 3.30. The number of hydrogen-bond acceptors (Lipinski definition) is 2. The van der Waals surface area contributed by atoms with Gasteiger partial charge in [0.2, 0.25) is 5.95 Å². The van der Waals surface area contributed by atoms with Gasteiger partial charge in [0, 0.05) is 25.1 Å². The Balaban J connectivity index is 2.29. The number of imidazole rings is 1. The molecule has 0 aliphatic rings. The average molecular weight is 201 g/mol. The summed E-state index contributed by atoms with van der Waals surface area (Å²) in [5.74, 6) is 0.863. The minimum atomic E-state index is 0.863. The Hall–Kier alpha value is -1.77. The summed E-state index contributed by atoms with van der Waals surface area (Å²) in [6, 6.07) is 6.34. The third-order valence-electron chi connectivity index (χ3n) is 2.45. The zero-order chi connectivity index (χ0) is 10.8. The number of nitrogens with one attached hydrogen (secondary N) is 1. The van der Waals surface area contributed by atoms with Gasteiger partial charge in [-0.25, -0.2) is 4.98 Å². The standard InChI is InChI=1S/C12H15N3/c1-9-4-5-11(10(2)8-9)14-12-13-6-7-15(12)3/h4-8H,1-3H3,(H,13,14). The van der Waals surface area contributed by atoms with Gasteiger partial charge in [-0.05, 0) is 25.5 Å². The lowest BCUT2D eigenvalue weighted by Gasteiger charge is -2.09. The first-order valence-corrected chi connectivity index (χ1v) is 4.98. The highest BCUT2D eigenvalue weighted by atomic mass is 15.2. The summed E-state index contributed by atoms with van der Waals surface area (Å²) in [6.07, 6.45) is 3.71. The number of anilines is 2. The van der Waals surface area contributed by atoms with Gasteiger partial charge in [-0.1, -0.05) is 17.7 Å². The van der Waals surface area contributed by atoms with Crippen LogP contribution in [-0.2, 0) is 7.05 Å². The fourth-order valence-electron chi connectivity index (χ4n) is 1.56. The van der Waals surface area contributed by atoms with E-state index in [1.807, 2.05) is 17.8 Å². The van der Waals surface area contributed by atoms with Crippen LogP contribution in [0.25, 0.3) is 0 Å². The minimum absolute atomic E-state index is 0.863. The molecule has 1 aromatic carbocycles. The number of aryl methyl sites for hydroxylation is 3. The molecule has 3 heteroatoms. The van der Waals surface area contributed by atoms with Gasteiger partial charge in [0.1, 0.15) is 0 Å². The molecule has 0 unspecified atom stereocenters. The first-order valence-electron chi connectivity index (χ1n) is 4.98. The highest BCUT2D eigenvalue weighted by molar-refractivity contribution is 5.59. The van der Waals surface area contributed by atoms with Crippen molar-refractivity contribution in [3.05, 3.63) is 41.7 Å². The van der Waals surface area contributed by atoms with E-state index < -0.39 is 0 Å². The van der Waals surface area contributed by atoms with E-state index in [1.165, 1.54) is 11.1 Å². The third-order valence-corrected chi connectivity index (χ3v) is 2.45. The van der Waals surface area contributed by atoms with Gasteiger partial charge in [0.05, 0.1) is 0 Å². The Kier molecular flexibility index (Phi) is 2.46. The van der Waals surface area contributed by atoms with Gasteiger partial charge < -0.3 is 9.88 Å². The molecule has 1 heterocycles. The van der Waals surface area contributed by atoms with Crippen molar-refractivity contribution in [1.29, 1.82) is 0 Å². The number of aromatic nitrogens is 2. The maximum Gasteiger partial charge on any atom is 0.207 e. The van der Waals surface area contributed by atoms with Crippen molar-refractivity contribution in [2.75, 3.05) is 5.32 Å². The van der Waals surface area contributed by atoms with Crippen molar-refractivity contribution in [3.8, 4) is 0 Å². The first kappa shape index (κ1) is 9.77. The topological polar surface area (TPSA) is 29.9 Å². The highest BCUT2D eigenvalue weighted by Gasteiger charge is 2.02. The van der Waals surface area contributed by atoms with Crippen LogP contribution in [0.3, 0.4) is 0 Å². The Bertz CT molecular complexity index is 471. The van der Waals surface area contributed by atoms with Crippen molar-refractivity contribution in [1.82, 2.24) is 9.55 Å². The molecule has 78 valence electrons. The molecule has 0 aliphatic heterocycles. The lowest BCUT2D eigenvalue weighted by molar-refractivity contribution is 0.924. The van der Waals surface area contributed by atoms with Crippen LogP contribution in [0, 0.1) is 13.8 Å². The van der Waals surface area contributed by atoms with E-state index in [4.69, 9.17) is 0 Å². The lowest BCUT2D eigenvalue weighted by Crippen LogP contribution is -2.00. The molecule has 2 aromatic rings. The molecule has 0 radical (unpaired) electrons. The molecule has 2 rings (SSSR count). The zero-order valence-electron chi connectivity index (χ0n) is 9.28. The molecular weight excluding hydrogens is 186 g/mol. The monoisotopic (exact) mass is 201 g/mol. The lowest BCUT2D eigenvalue weighted by atomic mass is 10.1. The molecule has 0 spiro atoms. The summed E-state index contributed by atoms with van der Waals surface area (Å²) in [4.78, 5) is 4.23. The first-order chi connectivity index (χ1) is 7.16. The van der Waals surface area contributed by atoms with Crippen molar-refractivity contribution < 1.29 is 0 Å². The second-order valence-electron chi connectivity index (χ2n) is 3.81. The van der Waals surface area contributed by atoms with E-state index in [0.717, 1.165) is 11.6 Å². The molecule has 0 fully saturated rings. The molecule has 1 aromatic heterocycles. The largest absolute Gasteiger partial charge is 0.325 e. The summed E-state index contributed by atoms with van der Waals surface area (Å²) in [6.45, 7) is 4.19. The number of hydrogen-bond donors (Lipinski definition) is 1. The Labute approximate surface area is 89.8 Å². The molecule has 15 heavy (non-hydrogen) atoms. The van der Waals surface area contributed by atoms with E-state index in [0.29, 0.717) is 0 Å². The SMILES string of the molecule is Cc1ccc(Nc2nccn2C)c(C)c1. The van der Waals surface area contributed by atoms with Crippen LogP contribution in [-0.4, -0.2) is 9.55 Å². The smallest absolute Gasteiger partial charge is 0.207 e. The summed E-state index contributed by atoms with van der Waals surface area (Å²) in [5.41, 5.74) is 3.62. The predicted octanol–water partition coefficient (Wildman–Crippen LogP) is 2.78. The fourth-order valence-corrected chi connectivity index (χ4v) is 1.56. The zero-order valence-corrected chi connectivity index (χ0v) is 9.28. The number of rotatable bonds is 2. The van der Waals surface area contributed by atoms with Crippen LogP contribution < -0.4 is 5.32 Å². The molecule has 0 bridgehead atoms. The van der Waals surface area contributed by atoms with Crippen molar-refractivity contribution in [2.24, 2.45) is 7.05 Å². The minimum Gasteiger partial charge on any atom is -0.325 e. The average Bonchev–Trinajstić information content (AvgIpc) is 2.57. The van der Waals surface area contributed by atoms with Gasteiger partial charge in [-0.3, -0.25) is 0 Å². The van der Waals surface area contributed by atoms with Crippen molar-refractivity contribution >= 4 is 11.6 Å². The maximum absolute atomic E-state index is 4.23. The van der Waals surface area contributed by atoms with Crippen molar-refractivity contribution in [2.45, 2.75) is 13.8 Å². The summed E-state index contributed by atoms with van der Waals surface area (Å²) >= 11 is 0. The molecule has 0 saturated heterocycles.